The zero-order valence-corrected chi connectivity index (χ0v) is 11.3. The van der Waals surface area contributed by atoms with Crippen molar-refractivity contribution in [2.45, 2.75) is 25.5 Å². The molecule has 0 aliphatic carbocycles. The Hall–Kier alpha value is -0.910. The fraction of sp³-hybridized carbons (Fsp3) is 0.538. The summed E-state index contributed by atoms with van der Waals surface area (Å²) in [5.74, 6) is 0.443. The lowest BCUT2D eigenvalue weighted by Gasteiger charge is -2.16. The number of sulfone groups is 1. The number of hydrogen-bond donors (Lipinski definition) is 2. The molecule has 0 bridgehead atoms. The van der Waals surface area contributed by atoms with E-state index in [9.17, 15) is 13.5 Å². The van der Waals surface area contributed by atoms with Gasteiger partial charge in [-0.2, -0.15) is 0 Å². The summed E-state index contributed by atoms with van der Waals surface area (Å²) in [5, 5.41) is 13.1. The minimum absolute atomic E-state index is 0.0190. The van der Waals surface area contributed by atoms with Gasteiger partial charge in [0.25, 0.3) is 0 Å². The topological polar surface area (TPSA) is 66.4 Å². The molecule has 1 saturated heterocycles. The standard InChI is InChI=1S/C13H19NO3S/c1-10-3-2-4-11(7-10)13(15)8-14-12-5-6-18(16,17)9-12/h2-4,7,12-15H,5-6,8-9H2,1H3. The number of rotatable bonds is 4. The molecule has 1 heterocycles. The summed E-state index contributed by atoms with van der Waals surface area (Å²) in [7, 11) is -2.86. The molecule has 5 heteroatoms. The zero-order valence-electron chi connectivity index (χ0n) is 10.5. The molecular formula is C13H19NO3S. The second kappa shape index (κ2) is 5.38. The van der Waals surface area contributed by atoms with Crippen LogP contribution in [0.1, 0.15) is 23.7 Å². The predicted molar refractivity (Wildman–Crippen MR) is 71.2 cm³/mol. The van der Waals surface area contributed by atoms with Crippen molar-refractivity contribution >= 4 is 9.84 Å². The van der Waals surface area contributed by atoms with Crippen LogP contribution in [0.25, 0.3) is 0 Å². The lowest BCUT2D eigenvalue weighted by molar-refractivity contribution is 0.171. The third kappa shape index (κ3) is 3.54. The van der Waals surface area contributed by atoms with Crippen molar-refractivity contribution in [3.63, 3.8) is 0 Å². The van der Waals surface area contributed by atoms with Gasteiger partial charge < -0.3 is 10.4 Å². The summed E-state index contributed by atoms with van der Waals surface area (Å²) >= 11 is 0. The molecule has 1 aromatic rings. The number of hydrogen-bond acceptors (Lipinski definition) is 4. The van der Waals surface area contributed by atoms with Crippen LogP contribution in [0.2, 0.25) is 0 Å². The predicted octanol–water partition coefficient (Wildman–Crippen LogP) is 0.805. The molecule has 2 rings (SSSR count). The monoisotopic (exact) mass is 269 g/mol. The molecule has 100 valence electrons. The Morgan fingerprint density at radius 3 is 2.89 bits per heavy atom. The zero-order chi connectivity index (χ0) is 13.2. The molecule has 2 N–H and O–H groups in total. The van der Waals surface area contributed by atoms with E-state index in [1.54, 1.807) is 0 Å². The smallest absolute Gasteiger partial charge is 0.151 e. The second-order valence-corrected chi connectivity index (χ2v) is 7.17. The molecule has 0 radical (unpaired) electrons. The van der Waals surface area contributed by atoms with Crippen molar-refractivity contribution < 1.29 is 13.5 Å². The van der Waals surface area contributed by atoms with Crippen LogP contribution >= 0.6 is 0 Å². The van der Waals surface area contributed by atoms with Gasteiger partial charge in [-0.25, -0.2) is 8.42 Å². The highest BCUT2D eigenvalue weighted by molar-refractivity contribution is 7.91. The van der Waals surface area contributed by atoms with E-state index in [0.29, 0.717) is 13.0 Å². The number of benzene rings is 1. The molecule has 1 aromatic carbocycles. The maximum Gasteiger partial charge on any atom is 0.151 e. The fourth-order valence-electron chi connectivity index (χ4n) is 2.23. The Morgan fingerprint density at radius 1 is 1.50 bits per heavy atom. The Labute approximate surface area is 108 Å². The van der Waals surface area contributed by atoms with Crippen molar-refractivity contribution in [1.82, 2.24) is 5.32 Å². The maximum atomic E-state index is 11.3. The molecule has 0 spiro atoms. The Morgan fingerprint density at radius 2 is 2.28 bits per heavy atom. The quantitative estimate of drug-likeness (QED) is 0.848. The van der Waals surface area contributed by atoms with Gasteiger partial charge >= 0.3 is 0 Å². The SMILES string of the molecule is Cc1cccc(C(O)CNC2CCS(=O)(=O)C2)c1. The Bertz CT molecular complexity index is 513. The van der Waals surface area contributed by atoms with Gasteiger partial charge in [-0.05, 0) is 18.9 Å². The van der Waals surface area contributed by atoms with Gasteiger partial charge in [0.05, 0.1) is 17.6 Å². The molecule has 18 heavy (non-hydrogen) atoms. The third-order valence-corrected chi connectivity index (χ3v) is 5.03. The first-order valence-electron chi connectivity index (χ1n) is 6.15. The van der Waals surface area contributed by atoms with Crippen molar-refractivity contribution in [3.05, 3.63) is 35.4 Å². The van der Waals surface area contributed by atoms with Crippen LogP contribution < -0.4 is 5.32 Å². The second-order valence-electron chi connectivity index (χ2n) is 4.94. The van der Waals surface area contributed by atoms with Crippen LogP contribution in [0.3, 0.4) is 0 Å². The van der Waals surface area contributed by atoms with Gasteiger partial charge in [0.15, 0.2) is 9.84 Å². The molecule has 1 fully saturated rings. The Balaban J connectivity index is 1.87. The summed E-state index contributed by atoms with van der Waals surface area (Å²) < 4.78 is 22.6. The minimum atomic E-state index is -2.86. The van der Waals surface area contributed by atoms with E-state index in [1.807, 2.05) is 31.2 Å². The van der Waals surface area contributed by atoms with Crippen LogP contribution in [0.5, 0.6) is 0 Å². The average Bonchev–Trinajstić information content (AvgIpc) is 2.66. The Kier molecular flexibility index (Phi) is 4.04. The molecule has 1 aliphatic heterocycles. The van der Waals surface area contributed by atoms with Gasteiger partial charge in [0.1, 0.15) is 0 Å². The van der Waals surface area contributed by atoms with Crippen LogP contribution in [0.4, 0.5) is 0 Å². The van der Waals surface area contributed by atoms with Gasteiger partial charge in [-0.15, -0.1) is 0 Å². The molecule has 0 aromatic heterocycles. The molecule has 2 unspecified atom stereocenters. The van der Waals surface area contributed by atoms with E-state index >= 15 is 0 Å². The number of nitrogens with one attached hydrogen (secondary N) is 1. The first kappa shape index (κ1) is 13.5. The molecule has 2 atom stereocenters. The number of aryl methyl sites for hydroxylation is 1. The van der Waals surface area contributed by atoms with E-state index in [0.717, 1.165) is 11.1 Å². The normalized spacial score (nSPS) is 24.0. The number of aliphatic hydroxyl groups excluding tert-OH is 1. The average molecular weight is 269 g/mol. The number of aliphatic hydroxyl groups is 1. The van der Waals surface area contributed by atoms with Crippen molar-refractivity contribution in [1.29, 1.82) is 0 Å². The summed E-state index contributed by atoms with van der Waals surface area (Å²) in [4.78, 5) is 0. The highest BCUT2D eigenvalue weighted by Crippen LogP contribution is 2.15. The highest BCUT2D eigenvalue weighted by Gasteiger charge is 2.27. The largest absolute Gasteiger partial charge is 0.387 e. The van der Waals surface area contributed by atoms with Crippen molar-refractivity contribution in [3.8, 4) is 0 Å². The lowest BCUT2D eigenvalue weighted by Crippen LogP contribution is -2.33. The van der Waals surface area contributed by atoms with Crippen LogP contribution in [0.15, 0.2) is 24.3 Å². The molecule has 4 nitrogen and oxygen atoms in total. The van der Waals surface area contributed by atoms with E-state index in [4.69, 9.17) is 0 Å². The van der Waals surface area contributed by atoms with Gasteiger partial charge in [-0.3, -0.25) is 0 Å². The van der Waals surface area contributed by atoms with E-state index in [-0.39, 0.29) is 17.5 Å². The van der Waals surface area contributed by atoms with Gasteiger partial charge in [0, 0.05) is 12.6 Å². The summed E-state index contributed by atoms with van der Waals surface area (Å²) in [6.07, 6.45) is 0.0521. The van der Waals surface area contributed by atoms with E-state index in [1.165, 1.54) is 0 Å². The lowest BCUT2D eigenvalue weighted by atomic mass is 10.1. The first-order valence-corrected chi connectivity index (χ1v) is 7.97. The van der Waals surface area contributed by atoms with Crippen LogP contribution in [-0.4, -0.2) is 37.6 Å². The summed E-state index contributed by atoms with van der Waals surface area (Å²) in [5.41, 5.74) is 1.97. The van der Waals surface area contributed by atoms with Crippen LogP contribution in [0, 0.1) is 6.92 Å². The maximum absolute atomic E-state index is 11.3. The van der Waals surface area contributed by atoms with Crippen molar-refractivity contribution in [2.75, 3.05) is 18.1 Å². The summed E-state index contributed by atoms with van der Waals surface area (Å²) in [6.45, 7) is 2.37. The first-order chi connectivity index (χ1) is 8.46. The molecule has 0 saturated carbocycles. The van der Waals surface area contributed by atoms with Gasteiger partial charge in [-0.1, -0.05) is 29.8 Å². The fourth-order valence-corrected chi connectivity index (χ4v) is 3.94. The minimum Gasteiger partial charge on any atom is -0.387 e. The van der Waals surface area contributed by atoms with E-state index in [2.05, 4.69) is 5.32 Å². The van der Waals surface area contributed by atoms with Crippen LogP contribution in [-0.2, 0) is 9.84 Å². The van der Waals surface area contributed by atoms with Crippen molar-refractivity contribution in [2.24, 2.45) is 0 Å². The molecular weight excluding hydrogens is 250 g/mol. The molecule has 0 amide bonds. The van der Waals surface area contributed by atoms with Gasteiger partial charge in [0.2, 0.25) is 0 Å². The van der Waals surface area contributed by atoms with E-state index < -0.39 is 15.9 Å². The highest BCUT2D eigenvalue weighted by atomic mass is 32.2. The third-order valence-electron chi connectivity index (χ3n) is 3.26. The summed E-state index contributed by atoms with van der Waals surface area (Å²) in [6, 6.07) is 7.69. The molecule has 1 aliphatic rings.